The zero-order valence-electron chi connectivity index (χ0n) is 9.67. The molecule has 0 saturated carbocycles. The van der Waals surface area contributed by atoms with E-state index in [4.69, 9.17) is 9.84 Å². The molecule has 1 aliphatic rings. The van der Waals surface area contributed by atoms with Crippen molar-refractivity contribution in [2.24, 2.45) is 0 Å². The Morgan fingerprint density at radius 2 is 2.41 bits per heavy atom. The molecule has 1 unspecified atom stereocenters. The van der Waals surface area contributed by atoms with Crippen LogP contribution < -0.4 is 0 Å². The number of aryl methyl sites for hydroxylation is 1. The molecular formula is C11H15N3O3. The third-order valence-corrected chi connectivity index (χ3v) is 2.65. The zero-order chi connectivity index (χ0) is 12.3. The molecule has 0 amide bonds. The number of ether oxygens (including phenoxy) is 1. The second kappa shape index (κ2) is 5.20. The third kappa shape index (κ3) is 3.21. The van der Waals surface area contributed by atoms with Crippen molar-refractivity contribution in [3.05, 3.63) is 23.8 Å². The van der Waals surface area contributed by atoms with Gasteiger partial charge in [-0.25, -0.2) is 4.79 Å². The quantitative estimate of drug-likeness (QED) is 0.801. The van der Waals surface area contributed by atoms with Crippen molar-refractivity contribution in [1.29, 1.82) is 0 Å². The van der Waals surface area contributed by atoms with Crippen LogP contribution in [0.4, 0.5) is 0 Å². The molecule has 1 N–H and O–H groups in total. The second-order valence-corrected chi connectivity index (χ2v) is 4.08. The highest BCUT2D eigenvalue weighted by Gasteiger charge is 2.26. The molecule has 2 heterocycles. The van der Waals surface area contributed by atoms with E-state index in [0.29, 0.717) is 19.7 Å². The third-order valence-electron chi connectivity index (χ3n) is 2.65. The van der Waals surface area contributed by atoms with Crippen molar-refractivity contribution in [2.45, 2.75) is 19.6 Å². The van der Waals surface area contributed by atoms with Crippen molar-refractivity contribution in [2.75, 3.05) is 19.7 Å². The van der Waals surface area contributed by atoms with Crippen LogP contribution in [0.1, 0.15) is 11.4 Å². The highest BCUT2D eigenvalue weighted by molar-refractivity contribution is 5.72. The van der Waals surface area contributed by atoms with E-state index in [1.165, 1.54) is 0 Å². The minimum absolute atomic E-state index is 0.394. The molecule has 6 heteroatoms. The molecule has 1 aromatic heterocycles. The molecule has 17 heavy (non-hydrogen) atoms. The Bertz CT molecular complexity index is 393. The van der Waals surface area contributed by atoms with Crippen molar-refractivity contribution >= 4 is 5.97 Å². The van der Waals surface area contributed by atoms with Crippen LogP contribution in [0.3, 0.4) is 0 Å². The maximum atomic E-state index is 10.8. The maximum absolute atomic E-state index is 10.8. The average Bonchev–Trinajstić information content (AvgIpc) is 2.32. The average molecular weight is 237 g/mol. The SMILES string of the molecule is Cc1cnc(CN2CCOC(C(=O)O)C2)cn1. The largest absolute Gasteiger partial charge is 0.479 e. The van der Waals surface area contributed by atoms with Gasteiger partial charge in [-0.3, -0.25) is 14.9 Å². The monoisotopic (exact) mass is 237 g/mol. The van der Waals surface area contributed by atoms with Crippen LogP contribution in [0, 0.1) is 6.92 Å². The van der Waals surface area contributed by atoms with Gasteiger partial charge in [0.25, 0.3) is 0 Å². The van der Waals surface area contributed by atoms with Crippen molar-refractivity contribution in [3.8, 4) is 0 Å². The first-order valence-corrected chi connectivity index (χ1v) is 5.49. The molecule has 0 aliphatic carbocycles. The van der Waals surface area contributed by atoms with E-state index in [1.807, 2.05) is 11.8 Å². The standard InChI is InChI=1S/C11H15N3O3/c1-8-4-13-9(5-12-8)6-14-2-3-17-10(7-14)11(15)16/h4-5,10H,2-3,6-7H2,1H3,(H,15,16). The first kappa shape index (κ1) is 11.9. The minimum atomic E-state index is -0.912. The number of hydrogen-bond donors (Lipinski definition) is 1. The number of carboxylic acid groups (broad SMARTS) is 1. The lowest BCUT2D eigenvalue weighted by Gasteiger charge is -2.30. The van der Waals surface area contributed by atoms with Gasteiger partial charge in [0.1, 0.15) is 0 Å². The van der Waals surface area contributed by atoms with E-state index < -0.39 is 12.1 Å². The van der Waals surface area contributed by atoms with Gasteiger partial charge in [-0.1, -0.05) is 0 Å². The lowest BCUT2D eigenvalue weighted by Crippen LogP contribution is -2.45. The van der Waals surface area contributed by atoms with Crippen LogP contribution in [0.5, 0.6) is 0 Å². The molecule has 1 saturated heterocycles. The zero-order valence-corrected chi connectivity index (χ0v) is 9.67. The molecule has 0 bridgehead atoms. The first-order valence-electron chi connectivity index (χ1n) is 5.49. The predicted octanol–water partition coefficient (Wildman–Crippen LogP) is 0.0704. The first-order chi connectivity index (χ1) is 8.15. The van der Waals surface area contributed by atoms with Crippen LogP contribution >= 0.6 is 0 Å². The summed E-state index contributed by atoms with van der Waals surface area (Å²) >= 11 is 0. The fourth-order valence-electron chi connectivity index (χ4n) is 1.73. The fraction of sp³-hybridized carbons (Fsp3) is 0.545. The highest BCUT2D eigenvalue weighted by Crippen LogP contribution is 2.08. The van der Waals surface area contributed by atoms with Gasteiger partial charge in [-0.15, -0.1) is 0 Å². The Morgan fingerprint density at radius 3 is 3.06 bits per heavy atom. The van der Waals surface area contributed by atoms with E-state index >= 15 is 0 Å². The summed E-state index contributed by atoms with van der Waals surface area (Å²) in [6, 6.07) is 0. The lowest BCUT2D eigenvalue weighted by atomic mass is 10.2. The van der Waals surface area contributed by atoms with Crippen LogP contribution in [0.2, 0.25) is 0 Å². The molecule has 1 aromatic rings. The van der Waals surface area contributed by atoms with Crippen LogP contribution in [0.25, 0.3) is 0 Å². The molecule has 0 spiro atoms. The van der Waals surface area contributed by atoms with Crippen molar-refractivity contribution in [3.63, 3.8) is 0 Å². The van der Waals surface area contributed by atoms with Crippen molar-refractivity contribution < 1.29 is 14.6 Å². The summed E-state index contributed by atoms with van der Waals surface area (Å²) in [5, 5.41) is 8.88. The molecular weight excluding hydrogens is 222 g/mol. The van der Waals surface area contributed by atoms with Crippen LogP contribution in [-0.2, 0) is 16.1 Å². The Morgan fingerprint density at radius 1 is 1.59 bits per heavy atom. The van der Waals surface area contributed by atoms with E-state index in [2.05, 4.69) is 9.97 Å². The molecule has 1 atom stereocenters. The Hall–Kier alpha value is -1.53. The smallest absolute Gasteiger partial charge is 0.334 e. The second-order valence-electron chi connectivity index (χ2n) is 4.08. The Balaban J connectivity index is 1.94. The molecule has 92 valence electrons. The molecule has 0 radical (unpaired) electrons. The molecule has 1 fully saturated rings. The summed E-state index contributed by atoms with van der Waals surface area (Å²) < 4.78 is 5.15. The number of aliphatic carboxylic acids is 1. The predicted molar refractivity (Wildman–Crippen MR) is 59.4 cm³/mol. The summed E-state index contributed by atoms with van der Waals surface area (Å²) in [7, 11) is 0. The normalized spacial score (nSPS) is 21.4. The number of hydrogen-bond acceptors (Lipinski definition) is 5. The molecule has 0 aromatic carbocycles. The number of rotatable bonds is 3. The molecule has 1 aliphatic heterocycles. The summed E-state index contributed by atoms with van der Waals surface area (Å²) in [5.41, 5.74) is 1.72. The summed E-state index contributed by atoms with van der Waals surface area (Å²) in [5.74, 6) is -0.912. The van der Waals surface area contributed by atoms with Crippen molar-refractivity contribution in [1.82, 2.24) is 14.9 Å². The van der Waals surface area contributed by atoms with Gasteiger partial charge in [0, 0.05) is 32.0 Å². The van der Waals surface area contributed by atoms with Gasteiger partial charge in [-0.05, 0) is 6.92 Å². The maximum Gasteiger partial charge on any atom is 0.334 e. The van der Waals surface area contributed by atoms with Gasteiger partial charge in [0.05, 0.1) is 18.0 Å². The van der Waals surface area contributed by atoms with Gasteiger partial charge >= 0.3 is 5.97 Å². The van der Waals surface area contributed by atoms with Gasteiger partial charge in [0.15, 0.2) is 6.10 Å². The van der Waals surface area contributed by atoms with E-state index in [9.17, 15) is 4.79 Å². The Kier molecular flexibility index (Phi) is 3.65. The van der Waals surface area contributed by atoms with E-state index in [1.54, 1.807) is 12.4 Å². The molecule has 2 rings (SSSR count). The number of carboxylic acids is 1. The number of morpholine rings is 1. The fourth-order valence-corrected chi connectivity index (χ4v) is 1.73. The number of aromatic nitrogens is 2. The lowest BCUT2D eigenvalue weighted by molar-refractivity contribution is -0.156. The minimum Gasteiger partial charge on any atom is -0.479 e. The van der Waals surface area contributed by atoms with Gasteiger partial charge < -0.3 is 9.84 Å². The summed E-state index contributed by atoms with van der Waals surface area (Å²) in [6.45, 7) is 4.05. The van der Waals surface area contributed by atoms with Crippen LogP contribution in [-0.4, -0.2) is 51.7 Å². The topological polar surface area (TPSA) is 75.6 Å². The van der Waals surface area contributed by atoms with Gasteiger partial charge in [-0.2, -0.15) is 0 Å². The summed E-state index contributed by atoms with van der Waals surface area (Å²) in [4.78, 5) is 21.2. The van der Waals surface area contributed by atoms with Gasteiger partial charge in [0.2, 0.25) is 0 Å². The highest BCUT2D eigenvalue weighted by atomic mass is 16.5. The summed E-state index contributed by atoms with van der Waals surface area (Å²) in [6.07, 6.45) is 2.70. The van der Waals surface area contributed by atoms with Crippen LogP contribution in [0.15, 0.2) is 12.4 Å². The molecule has 6 nitrogen and oxygen atoms in total. The van der Waals surface area contributed by atoms with E-state index in [0.717, 1.165) is 17.9 Å². The van der Waals surface area contributed by atoms with E-state index in [-0.39, 0.29) is 0 Å². The number of carbonyl (C=O) groups is 1. The number of nitrogens with zero attached hydrogens (tertiary/aromatic N) is 3. The Labute approximate surface area is 99.2 Å².